The van der Waals surface area contributed by atoms with Gasteiger partial charge in [0.1, 0.15) is 16.9 Å². The number of amides is 1. The van der Waals surface area contributed by atoms with E-state index in [0.717, 1.165) is 5.56 Å². The molecule has 178 valence electrons. The Labute approximate surface area is 203 Å². The number of aliphatic hydroxyl groups is 1. The average molecular weight is 499 g/mol. The van der Waals surface area contributed by atoms with Crippen LogP contribution in [0, 0.1) is 0 Å². The second-order valence-corrected chi connectivity index (χ2v) is 10.8. The number of carbonyl (C=O) groups is 1. The van der Waals surface area contributed by atoms with Crippen LogP contribution in [0.2, 0.25) is 0 Å². The van der Waals surface area contributed by atoms with Crippen molar-refractivity contribution in [1.82, 2.24) is 9.62 Å². The average Bonchev–Trinajstić information content (AvgIpc) is 3.37. The maximum atomic E-state index is 13.4. The highest BCUT2D eigenvalue weighted by molar-refractivity contribution is 8.02. The van der Waals surface area contributed by atoms with Crippen LogP contribution in [0.4, 0.5) is 0 Å². The van der Waals surface area contributed by atoms with Crippen molar-refractivity contribution in [2.75, 3.05) is 18.9 Å². The zero-order valence-electron chi connectivity index (χ0n) is 18.4. The van der Waals surface area contributed by atoms with Crippen molar-refractivity contribution in [3.05, 3.63) is 90.5 Å². The van der Waals surface area contributed by atoms with E-state index in [-0.39, 0.29) is 18.0 Å². The lowest BCUT2D eigenvalue weighted by atomic mass is 10.0. The summed E-state index contributed by atoms with van der Waals surface area (Å²) in [6.07, 6.45) is 0.336. The molecule has 0 saturated carbocycles. The fraction of sp³-hybridized carbons (Fsp3) is 0.240. The van der Waals surface area contributed by atoms with Crippen molar-refractivity contribution in [3.8, 4) is 11.5 Å². The van der Waals surface area contributed by atoms with Crippen LogP contribution in [-0.4, -0.2) is 48.0 Å². The highest BCUT2D eigenvalue weighted by Gasteiger charge is 2.40. The Hall–Kier alpha value is -2.85. The monoisotopic (exact) mass is 498 g/mol. The number of benzene rings is 3. The van der Waals surface area contributed by atoms with E-state index >= 15 is 0 Å². The molecule has 0 bridgehead atoms. The molecule has 2 atom stereocenters. The van der Waals surface area contributed by atoms with Crippen molar-refractivity contribution in [3.63, 3.8) is 0 Å². The van der Waals surface area contributed by atoms with Gasteiger partial charge in [0.15, 0.2) is 0 Å². The van der Waals surface area contributed by atoms with Crippen LogP contribution in [0.1, 0.15) is 18.0 Å². The number of aliphatic hydroxyl groups excluding tert-OH is 1. The zero-order valence-corrected chi connectivity index (χ0v) is 20.0. The van der Waals surface area contributed by atoms with E-state index < -0.39 is 27.3 Å². The van der Waals surface area contributed by atoms with Crippen LogP contribution in [0.25, 0.3) is 0 Å². The number of rotatable bonds is 9. The Morgan fingerprint density at radius 3 is 2.26 bits per heavy atom. The molecule has 34 heavy (non-hydrogen) atoms. The number of ether oxygens (including phenoxy) is 1. The lowest BCUT2D eigenvalue weighted by Crippen LogP contribution is -2.45. The predicted octanol–water partition coefficient (Wildman–Crippen LogP) is 3.78. The Morgan fingerprint density at radius 2 is 1.62 bits per heavy atom. The minimum Gasteiger partial charge on any atom is -0.457 e. The third-order valence-corrected chi connectivity index (χ3v) is 8.63. The van der Waals surface area contributed by atoms with E-state index in [4.69, 9.17) is 4.74 Å². The second-order valence-electron chi connectivity index (χ2n) is 7.71. The molecule has 4 rings (SSSR count). The number of nitrogens with zero attached hydrogens (tertiary/aromatic N) is 1. The van der Waals surface area contributed by atoms with Gasteiger partial charge in [0, 0.05) is 18.9 Å². The molecular formula is C25H26N2O5S2. The summed E-state index contributed by atoms with van der Waals surface area (Å²) in [5.41, 5.74) is 0.858. The first-order chi connectivity index (χ1) is 16.5. The molecule has 3 aromatic rings. The molecule has 1 saturated heterocycles. The largest absolute Gasteiger partial charge is 0.457 e. The number of hydrogen-bond acceptors (Lipinski definition) is 6. The van der Waals surface area contributed by atoms with Crippen molar-refractivity contribution in [2.45, 2.75) is 22.7 Å². The van der Waals surface area contributed by atoms with Gasteiger partial charge in [-0.25, -0.2) is 8.42 Å². The van der Waals surface area contributed by atoms with Crippen molar-refractivity contribution < 1.29 is 23.1 Å². The van der Waals surface area contributed by atoms with E-state index in [1.165, 1.54) is 28.2 Å². The molecule has 7 nitrogen and oxygen atoms in total. The fourth-order valence-electron chi connectivity index (χ4n) is 3.73. The number of thioether (sulfide) groups is 1. The summed E-state index contributed by atoms with van der Waals surface area (Å²) in [7, 11) is -3.89. The highest BCUT2D eigenvalue weighted by atomic mass is 32.2. The van der Waals surface area contributed by atoms with E-state index in [1.807, 2.05) is 60.7 Å². The van der Waals surface area contributed by atoms with Gasteiger partial charge in [0.25, 0.3) is 0 Å². The lowest BCUT2D eigenvalue weighted by Gasteiger charge is -2.25. The summed E-state index contributed by atoms with van der Waals surface area (Å²) in [5.74, 6) is 1.30. The molecular weight excluding hydrogens is 472 g/mol. The quantitative estimate of drug-likeness (QED) is 0.466. The molecule has 3 aromatic carbocycles. The van der Waals surface area contributed by atoms with Crippen molar-refractivity contribution in [2.24, 2.45) is 0 Å². The smallest absolute Gasteiger partial charge is 0.249 e. The van der Waals surface area contributed by atoms with Gasteiger partial charge < -0.3 is 15.2 Å². The molecule has 2 N–H and O–H groups in total. The van der Waals surface area contributed by atoms with Crippen LogP contribution in [-0.2, 0) is 14.8 Å². The van der Waals surface area contributed by atoms with Gasteiger partial charge in [0.05, 0.1) is 10.9 Å². The van der Waals surface area contributed by atoms with Crippen LogP contribution >= 0.6 is 11.8 Å². The van der Waals surface area contributed by atoms with Crippen LogP contribution in [0.5, 0.6) is 11.5 Å². The third kappa shape index (κ3) is 5.61. The minimum absolute atomic E-state index is 0.100. The topological polar surface area (TPSA) is 95.9 Å². The van der Waals surface area contributed by atoms with E-state index in [1.54, 1.807) is 12.1 Å². The molecule has 1 heterocycles. The lowest BCUT2D eigenvalue weighted by molar-refractivity contribution is -0.123. The Kier molecular flexibility index (Phi) is 7.89. The van der Waals surface area contributed by atoms with Gasteiger partial charge in [-0.2, -0.15) is 4.31 Å². The molecule has 0 spiro atoms. The molecule has 0 aliphatic carbocycles. The third-order valence-electron chi connectivity index (χ3n) is 5.42. The van der Waals surface area contributed by atoms with E-state index in [2.05, 4.69) is 5.32 Å². The first kappa shape index (κ1) is 24.3. The van der Waals surface area contributed by atoms with Crippen LogP contribution in [0.3, 0.4) is 0 Å². The number of nitrogens with one attached hydrogen (secondary N) is 1. The van der Waals surface area contributed by atoms with E-state index in [0.29, 0.717) is 23.7 Å². The minimum atomic E-state index is -3.89. The summed E-state index contributed by atoms with van der Waals surface area (Å²) in [4.78, 5) is 13.2. The number of para-hydroxylation sites is 1. The molecule has 2 unspecified atom stereocenters. The predicted molar refractivity (Wildman–Crippen MR) is 132 cm³/mol. The summed E-state index contributed by atoms with van der Waals surface area (Å²) in [6.45, 7) is 0.139. The van der Waals surface area contributed by atoms with Gasteiger partial charge in [-0.05, 0) is 48.4 Å². The molecule has 1 aliphatic rings. The summed E-state index contributed by atoms with van der Waals surface area (Å²) in [5, 5.41) is 11.5. The van der Waals surface area contributed by atoms with Crippen LogP contribution in [0.15, 0.2) is 89.8 Å². The zero-order chi connectivity index (χ0) is 24.0. The summed E-state index contributed by atoms with van der Waals surface area (Å²) in [6, 6.07) is 24.3. The standard InChI is InChI=1S/C25H26N2O5S2/c28-17-15-23(19-7-3-1-4-8-19)26-24(29)25-27(16-18-33-25)34(30,31)22-13-11-21(12-14-22)32-20-9-5-2-6-10-20/h1-14,23,25,28H,15-18H2,(H,26,29). The Bertz CT molecular complexity index is 1190. The molecule has 1 fully saturated rings. The summed E-state index contributed by atoms with van der Waals surface area (Å²) >= 11 is 1.29. The van der Waals surface area contributed by atoms with Crippen LogP contribution < -0.4 is 10.1 Å². The first-order valence-corrected chi connectivity index (χ1v) is 13.4. The number of carbonyl (C=O) groups excluding carboxylic acids is 1. The SMILES string of the molecule is O=C(NC(CCO)c1ccccc1)C1SCCN1S(=O)(=O)c1ccc(Oc2ccccc2)cc1. The van der Waals surface area contributed by atoms with Gasteiger partial charge in [-0.15, -0.1) is 11.8 Å². The van der Waals surface area contributed by atoms with E-state index in [9.17, 15) is 18.3 Å². The van der Waals surface area contributed by atoms with Gasteiger partial charge >= 0.3 is 0 Å². The fourth-order valence-corrected chi connectivity index (χ4v) is 6.81. The highest BCUT2D eigenvalue weighted by Crippen LogP contribution is 2.32. The summed E-state index contributed by atoms with van der Waals surface area (Å²) < 4.78 is 33.7. The molecule has 9 heteroatoms. The van der Waals surface area contributed by atoms with Crippen molar-refractivity contribution in [1.29, 1.82) is 0 Å². The maximum absolute atomic E-state index is 13.4. The van der Waals surface area contributed by atoms with Gasteiger partial charge in [-0.3, -0.25) is 4.79 Å². The first-order valence-electron chi connectivity index (χ1n) is 10.9. The maximum Gasteiger partial charge on any atom is 0.249 e. The van der Waals surface area contributed by atoms with Gasteiger partial charge in [0.2, 0.25) is 15.9 Å². The molecule has 0 radical (unpaired) electrons. The normalized spacial score (nSPS) is 17.3. The Morgan fingerprint density at radius 1 is 1.00 bits per heavy atom. The second kappa shape index (κ2) is 11.1. The number of sulfonamides is 1. The number of hydrogen-bond donors (Lipinski definition) is 2. The molecule has 1 aliphatic heterocycles. The van der Waals surface area contributed by atoms with Gasteiger partial charge in [-0.1, -0.05) is 48.5 Å². The molecule has 0 aromatic heterocycles. The molecule has 1 amide bonds. The van der Waals surface area contributed by atoms with Crippen molar-refractivity contribution >= 4 is 27.7 Å². The Balaban J connectivity index is 1.48.